The molecule has 0 aliphatic carbocycles. The molecular weight excluding hydrogens is 184 g/mol. The van der Waals surface area contributed by atoms with Gasteiger partial charge in [-0.15, -0.1) is 12.4 Å². The van der Waals surface area contributed by atoms with Crippen LogP contribution in [0, 0.1) is 0 Å². The van der Waals surface area contributed by atoms with Crippen LogP contribution in [0.4, 0.5) is 0 Å². The molecule has 0 atom stereocenters. The lowest BCUT2D eigenvalue weighted by Crippen LogP contribution is -2.19. The van der Waals surface area contributed by atoms with Gasteiger partial charge >= 0.3 is 0 Å². The van der Waals surface area contributed by atoms with Gasteiger partial charge in [0.1, 0.15) is 0 Å². The van der Waals surface area contributed by atoms with Crippen LogP contribution in [0.3, 0.4) is 0 Å². The maximum Gasteiger partial charge on any atom is 0.292 e. The average Bonchev–Trinajstić information content (AvgIpc) is 2.50. The SMILES string of the molecule is CNC(=O)c1noc(CN)n1.Cl. The van der Waals surface area contributed by atoms with E-state index in [4.69, 9.17) is 5.73 Å². The largest absolute Gasteiger partial charge is 0.352 e. The Kier molecular flexibility index (Phi) is 4.24. The van der Waals surface area contributed by atoms with Crippen LogP contribution in [-0.4, -0.2) is 23.1 Å². The third kappa shape index (κ3) is 2.18. The Labute approximate surface area is 74.9 Å². The first kappa shape index (κ1) is 10.9. The molecule has 0 aromatic carbocycles. The zero-order valence-electron chi connectivity index (χ0n) is 6.40. The number of halogens is 1. The fourth-order valence-electron chi connectivity index (χ4n) is 0.542. The second-order valence-electron chi connectivity index (χ2n) is 1.79. The molecule has 3 N–H and O–H groups in total. The third-order valence-electron chi connectivity index (χ3n) is 1.07. The molecule has 0 saturated carbocycles. The van der Waals surface area contributed by atoms with Crippen LogP contribution < -0.4 is 11.1 Å². The van der Waals surface area contributed by atoms with Crippen molar-refractivity contribution in [2.24, 2.45) is 5.73 Å². The standard InChI is InChI=1S/C5H8N4O2.ClH/c1-7-5(10)4-8-3(2-6)11-9-4;/h2,6H2,1H3,(H,7,10);1H. The molecule has 7 heteroatoms. The summed E-state index contributed by atoms with van der Waals surface area (Å²) in [4.78, 5) is 14.5. The van der Waals surface area contributed by atoms with Crippen LogP contribution in [0.25, 0.3) is 0 Å². The number of carbonyl (C=O) groups excluding carboxylic acids is 1. The molecule has 1 heterocycles. The third-order valence-corrected chi connectivity index (χ3v) is 1.07. The van der Waals surface area contributed by atoms with Crippen molar-refractivity contribution in [3.05, 3.63) is 11.7 Å². The van der Waals surface area contributed by atoms with E-state index < -0.39 is 0 Å². The van der Waals surface area contributed by atoms with Crippen LogP contribution in [0.1, 0.15) is 16.5 Å². The predicted molar refractivity (Wildman–Crippen MR) is 42.8 cm³/mol. The summed E-state index contributed by atoms with van der Waals surface area (Å²) in [6.07, 6.45) is 0. The highest BCUT2D eigenvalue weighted by Gasteiger charge is 2.10. The van der Waals surface area contributed by atoms with Gasteiger partial charge in [0.05, 0.1) is 6.54 Å². The minimum atomic E-state index is -0.381. The molecule has 0 saturated heterocycles. The number of nitrogens with one attached hydrogen (secondary N) is 1. The van der Waals surface area contributed by atoms with Crippen LogP contribution in [0.2, 0.25) is 0 Å². The summed E-state index contributed by atoms with van der Waals surface area (Å²) >= 11 is 0. The van der Waals surface area contributed by atoms with Gasteiger partial charge in [-0.1, -0.05) is 5.16 Å². The molecule has 0 aliphatic rings. The van der Waals surface area contributed by atoms with Crippen molar-refractivity contribution in [1.29, 1.82) is 0 Å². The van der Waals surface area contributed by atoms with Gasteiger partial charge in [0.15, 0.2) is 0 Å². The van der Waals surface area contributed by atoms with Crippen molar-refractivity contribution in [3.8, 4) is 0 Å². The molecule has 68 valence electrons. The maximum atomic E-state index is 10.8. The second kappa shape index (κ2) is 4.68. The van der Waals surface area contributed by atoms with Gasteiger partial charge in [0, 0.05) is 7.05 Å². The van der Waals surface area contributed by atoms with Crippen molar-refractivity contribution < 1.29 is 9.32 Å². The van der Waals surface area contributed by atoms with Crippen LogP contribution >= 0.6 is 12.4 Å². The predicted octanol–water partition coefficient (Wildman–Crippen LogP) is -0.690. The summed E-state index contributed by atoms with van der Waals surface area (Å²) in [6, 6.07) is 0. The monoisotopic (exact) mass is 192 g/mol. The molecule has 0 aliphatic heterocycles. The fraction of sp³-hybridized carbons (Fsp3) is 0.400. The van der Waals surface area contributed by atoms with Gasteiger partial charge < -0.3 is 15.6 Å². The first-order valence-corrected chi connectivity index (χ1v) is 3.02. The number of nitrogens with two attached hydrogens (primary N) is 1. The molecule has 0 bridgehead atoms. The number of aromatic nitrogens is 2. The van der Waals surface area contributed by atoms with E-state index >= 15 is 0 Å². The van der Waals surface area contributed by atoms with Crippen molar-refractivity contribution in [2.45, 2.75) is 6.54 Å². The Hall–Kier alpha value is -1.14. The molecule has 1 aromatic rings. The van der Waals surface area contributed by atoms with Gasteiger partial charge in [0.2, 0.25) is 5.89 Å². The molecule has 1 aromatic heterocycles. The highest BCUT2D eigenvalue weighted by Crippen LogP contribution is 1.94. The van der Waals surface area contributed by atoms with E-state index in [1.54, 1.807) is 0 Å². The molecule has 1 rings (SSSR count). The fourth-order valence-corrected chi connectivity index (χ4v) is 0.542. The van der Waals surface area contributed by atoms with Crippen LogP contribution in [0.15, 0.2) is 4.52 Å². The Morgan fingerprint density at radius 3 is 2.83 bits per heavy atom. The van der Waals surface area contributed by atoms with Crippen LogP contribution in [-0.2, 0) is 6.54 Å². The van der Waals surface area contributed by atoms with Crippen LogP contribution in [0.5, 0.6) is 0 Å². The average molecular weight is 193 g/mol. The van der Waals surface area contributed by atoms with Crippen molar-refractivity contribution in [2.75, 3.05) is 7.05 Å². The van der Waals surface area contributed by atoms with E-state index in [2.05, 4.69) is 20.0 Å². The maximum absolute atomic E-state index is 10.8. The van der Waals surface area contributed by atoms with E-state index in [-0.39, 0.29) is 36.6 Å². The van der Waals surface area contributed by atoms with Gasteiger partial charge in [0.25, 0.3) is 11.7 Å². The van der Waals surface area contributed by atoms with Crippen molar-refractivity contribution in [1.82, 2.24) is 15.5 Å². The number of rotatable bonds is 2. The molecule has 0 spiro atoms. The molecular formula is C5H9ClN4O2. The summed E-state index contributed by atoms with van der Waals surface area (Å²) in [5.41, 5.74) is 5.18. The molecule has 1 amide bonds. The summed E-state index contributed by atoms with van der Waals surface area (Å²) in [7, 11) is 1.49. The number of hydrogen-bond acceptors (Lipinski definition) is 5. The Bertz CT molecular complexity index is 262. The van der Waals surface area contributed by atoms with Crippen molar-refractivity contribution >= 4 is 18.3 Å². The normalized spacial score (nSPS) is 8.83. The van der Waals surface area contributed by atoms with Gasteiger partial charge in [-0.2, -0.15) is 4.98 Å². The molecule has 0 radical (unpaired) electrons. The number of hydrogen-bond donors (Lipinski definition) is 2. The second-order valence-corrected chi connectivity index (χ2v) is 1.79. The highest BCUT2D eigenvalue weighted by molar-refractivity contribution is 5.89. The quantitative estimate of drug-likeness (QED) is 0.647. The summed E-state index contributed by atoms with van der Waals surface area (Å²) in [5.74, 6) is -0.120. The first-order chi connectivity index (χ1) is 5.27. The topological polar surface area (TPSA) is 94.0 Å². The van der Waals surface area contributed by atoms with E-state index in [9.17, 15) is 4.79 Å². The zero-order chi connectivity index (χ0) is 8.27. The summed E-state index contributed by atoms with van der Waals surface area (Å²) in [6.45, 7) is 0.143. The van der Waals surface area contributed by atoms with Gasteiger partial charge in [-0.25, -0.2) is 0 Å². The van der Waals surface area contributed by atoms with Crippen molar-refractivity contribution in [3.63, 3.8) is 0 Å². The number of carbonyl (C=O) groups is 1. The lowest BCUT2D eigenvalue weighted by molar-refractivity contribution is 0.0950. The minimum absolute atomic E-state index is 0. The van der Waals surface area contributed by atoms with Gasteiger partial charge in [-0.3, -0.25) is 4.79 Å². The van der Waals surface area contributed by atoms with E-state index in [1.165, 1.54) is 7.05 Å². The molecule has 0 fully saturated rings. The number of nitrogens with zero attached hydrogens (tertiary/aromatic N) is 2. The Balaban J connectivity index is 0.00000121. The van der Waals surface area contributed by atoms with E-state index in [1.807, 2.05) is 0 Å². The smallest absolute Gasteiger partial charge is 0.292 e. The minimum Gasteiger partial charge on any atom is -0.352 e. The number of amides is 1. The molecule has 6 nitrogen and oxygen atoms in total. The first-order valence-electron chi connectivity index (χ1n) is 3.02. The molecule has 12 heavy (non-hydrogen) atoms. The zero-order valence-corrected chi connectivity index (χ0v) is 7.22. The summed E-state index contributed by atoms with van der Waals surface area (Å²) in [5, 5.41) is 5.73. The highest BCUT2D eigenvalue weighted by atomic mass is 35.5. The lowest BCUT2D eigenvalue weighted by atomic mass is 10.5. The Morgan fingerprint density at radius 1 is 1.75 bits per heavy atom. The molecule has 0 unspecified atom stereocenters. The lowest BCUT2D eigenvalue weighted by Gasteiger charge is -1.87. The summed E-state index contributed by atoms with van der Waals surface area (Å²) < 4.78 is 4.59. The Morgan fingerprint density at radius 2 is 2.42 bits per heavy atom. The van der Waals surface area contributed by atoms with Gasteiger partial charge in [-0.05, 0) is 0 Å². The van der Waals surface area contributed by atoms with E-state index in [0.717, 1.165) is 0 Å². The van der Waals surface area contributed by atoms with E-state index in [0.29, 0.717) is 0 Å².